The Morgan fingerprint density at radius 2 is 1.83 bits per heavy atom. The third kappa shape index (κ3) is 7.67. The van der Waals surface area contributed by atoms with Crippen LogP contribution in [0.1, 0.15) is 87.8 Å². The van der Waals surface area contributed by atoms with Crippen molar-refractivity contribution in [2.24, 2.45) is 0 Å². The minimum atomic E-state index is -0.757. The lowest BCUT2D eigenvalue weighted by Crippen LogP contribution is -2.72. The van der Waals surface area contributed by atoms with Gasteiger partial charge >= 0.3 is 0 Å². The van der Waals surface area contributed by atoms with Gasteiger partial charge in [0.1, 0.15) is 11.6 Å². The van der Waals surface area contributed by atoms with Crippen molar-refractivity contribution in [1.82, 2.24) is 15.4 Å². The van der Waals surface area contributed by atoms with Crippen molar-refractivity contribution < 1.29 is 18.1 Å². The number of amides is 1. The summed E-state index contributed by atoms with van der Waals surface area (Å²) < 4.78 is 32.7. The summed E-state index contributed by atoms with van der Waals surface area (Å²) in [7, 11) is 0. The third-order valence-corrected chi connectivity index (χ3v) is 8.36. The van der Waals surface area contributed by atoms with Gasteiger partial charge in [-0.3, -0.25) is 9.69 Å². The second kappa shape index (κ2) is 13.1. The molecule has 1 saturated heterocycles. The van der Waals surface area contributed by atoms with Gasteiger partial charge in [-0.1, -0.05) is 74.5 Å². The Labute approximate surface area is 253 Å². The van der Waals surface area contributed by atoms with Crippen LogP contribution in [0, 0.1) is 18.6 Å². The largest absolute Gasteiger partial charge is 0.355 e. The number of likely N-dealkylation sites (tertiary alicyclic amines) is 1. The van der Waals surface area contributed by atoms with E-state index in [-0.39, 0.29) is 33.9 Å². The maximum atomic E-state index is 14.2. The molecule has 2 heterocycles. The van der Waals surface area contributed by atoms with Crippen molar-refractivity contribution in [3.8, 4) is 11.3 Å². The maximum absolute atomic E-state index is 14.2. The number of nitrogens with one attached hydrogen (secondary N) is 1. The molecular weight excluding hydrogens is 556 g/mol. The first kappa shape index (κ1) is 31.9. The average molecular weight is 598 g/mol. The molecule has 1 aliphatic heterocycles. The molecule has 1 N–H and O–H groups in total. The molecule has 0 radical (unpaired) electrons. The standard InChI is InChI=1S/C24H29F2N3O2.C10H13Cl/c1-15(2)12-24(13-29(14-24)18-7-5-4-6-8-18)27-23(30)21-16(3)22(31-28-21)19-10-9-17(25)11-20(19)26;1-10(2,3)8-5-4-6-9(11)7-8/h9-11,18H,1,4-8,12-14H2,2-3H3,(H,27,30);4-7H,1-3H3. The number of rotatable bonds is 6. The van der Waals surface area contributed by atoms with Crippen LogP contribution in [-0.2, 0) is 5.41 Å². The highest BCUT2D eigenvalue weighted by Crippen LogP contribution is 2.35. The molecule has 2 aliphatic rings. The van der Waals surface area contributed by atoms with E-state index in [1.54, 1.807) is 6.92 Å². The van der Waals surface area contributed by atoms with Gasteiger partial charge in [-0.05, 0) is 68.4 Å². The molecule has 226 valence electrons. The summed E-state index contributed by atoms with van der Waals surface area (Å²) in [6.45, 7) is 15.8. The van der Waals surface area contributed by atoms with Gasteiger partial charge < -0.3 is 9.84 Å². The van der Waals surface area contributed by atoms with Crippen LogP contribution in [0.15, 0.2) is 59.1 Å². The molecule has 1 saturated carbocycles. The molecule has 2 fully saturated rings. The van der Waals surface area contributed by atoms with E-state index in [0.29, 0.717) is 18.0 Å². The molecule has 5 rings (SSSR count). The van der Waals surface area contributed by atoms with Gasteiger partial charge in [0, 0.05) is 35.8 Å². The van der Waals surface area contributed by atoms with Crippen molar-refractivity contribution >= 4 is 17.5 Å². The molecule has 2 aromatic carbocycles. The molecule has 8 heteroatoms. The number of carbonyl (C=O) groups is 1. The Morgan fingerprint density at radius 3 is 2.40 bits per heavy atom. The highest BCUT2D eigenvalue weighted by molar-refractivity contribution is 6.30. The summed E-state index contributed by atoms with van der Waals surface area (Å²) in [6, 6.07) is 11.8. The Kier molecular flexibility index (Phi) is 9.94. The Bertz CT molecular complexity index is 1420. The summed E-state index contributed by atoms with van der Waals surface area (Å²) >= 11 is 5.85. The van der Waals surface area contributed by atoms with Gasteiger partial charge in [-0.25, -0.2) is 8.78 Å². The summed E-state index contributed by atoms with van der Waals surface area (Å²) in [5, 5.41) is 7.88. The zero-order chi connectivity index (χ0) is 30.7. The van der Waals surface area contributed by atoms with Crippen LogP contribution >= 0.6 is 11.6 Å². The van der Waals surface area contributed by atoms with Crippen molar-refractivity contribution in [2.75, 3.05) is 13.1 Å². The lowest BCUT2D eigenvalue weighted by atomic mass is 9.80. The SMILES string of the molecule is C=C(C)CC1(NC(=O)c2noc(-c3ccc(F)cc3F)c2C)CN(C2CCCCC2)C1.CC(C)(C)c1cccc(Cl)c1. The predicted octanol–water partition coefficient (Wildman–Crippen LogP) is 8.65. The Morgan fingerprint density at radius 1 is 1.14 bits per heavy atom. The molecule has 0 spiro atoms. The fourth-order valence-electron chi connectivity index (χ4n) is 5.98. The number of hydrogen-bond donors (Lipinski definition) is 1. The molecule has 1 aliphatic carbocycles. The minimum Gasteiger partial charge on any atom is -0.355 e. The van der Waals surface area contributed by atoms with Gasteiger partial charge in [0.25, 0.3) is 5.91 Å². The summed E-state index contributed by atoms with van der Waals surface area (Å²) in [6.07, 6.45) is 6.96. The highest BCUT2D eigenvalue weighted by atomic mass is 35.5. The third-order valence-electron chi connectivity index (χ3n) is 8.13. The van der Waals surface area contributed by atoms with Gasteiger partial charge in [0.05, 0.1) is 11.1 Å². The van der Waals surface area contributed by atoms with Gasteiger partial charge in [0.15, 0.2) is 11.5 Å². The van der Waals surface area contributed by atoms with E-state index in [1.807, 2.05) is 25.1 Å². The molecule has 5 nitrogen and oxygen atoms in total. The van der Waals surface area contributed by atoms with Gasteiger partial charge in [-0.2, -0.15) is 0 Å². The second-order valence-electron chi connectivity index (χ2n) is 12.9. The van der Waals surface area contributed by atoms with E-state index >= 15 is 0 Å². The van der Waals surface area contributed by atoms with Gasteiger partial charge in [0.2, 0.25) is 0 Å². The zero-order valence-electron chi connectivity index (χ0n) is 25.3. The molecule has 1 aromatic heterocycles. The summed E-state index contributed by atoms with van der Waals surface area (Å²) in [4.78, 5) is 15.5. The summed E-state index contributed by atoms with van der Waals surface area (Å²) in [5.41, 5.74) is 2.74. The second-order valence-corrected chi connectivity index (χ2v) is 13.4. The number of hydrogen-bond acceptors (Lipinski definition) is 4. The molecule has 1 amide bonds. The van der Waals surface area contributed by atoms with E-state index in [4.69, 9.17) is 16.1 Å². The smallest absolute Gasteiger partial charge is 0.274 e. The van der Waals surface area contributed by atoms with E-state index in [0.717, 1.165) is 35.8 Å². The predicted molar refractivity (Wildman–Crippen MR) is 165 cm³/mol. The first-order chi connectivity index (χ1) is 19.8. The van der Waals surface area contributed by atoms with Crippen molar-refractivity contribution in [1.29, 1.82) is 0 Å². The molecule has 0 bridgehead atoms. The fraction of sp³-hybridized carbons (Fsp3) is 0.471. The van der Waals surface area contributed by atoms with E-state index in [1.165, 1.54) is 43.7 Å². The zero-order valence-corrected chi connectivity index (χ0v) is 26.1. The number of aromatic nitrogens is 1. The number of benzene rings is 2. The Hall–Kier alpha value is -3.03. The molecule has 0 unspecified atom stereocenters. The first-order valence-corrected chi connectivity index (χ1v) is 15.0. The number of halogens is 3. The maximum Gasteiger partial charge on any atom is 0.274 e. The van der Waals surface area contributed by atoms with Crippen molar-refractivity contribution in [2.45, 2.75) is 90.1 Å². The molecular formula is C34H42ClF2N3O2. The topological polar surface area (TPSA) is 58.4 Å². The van der Waals surface area contributed by atoms with E-state index < -0.39 is 11.6 Å². The Balaban J connectivity index is 0.000000310. The van der Waals surface area contributed by atoms with Crippen LogP contribution in [0.4, 0.5) is 8.78 Å². The summed E-state index contributed by atoms with van der Waals surface area (Å²) in [5.74, 6) is -1.65. The minimum absolute atomic E-state index is 0.0780. The van der Waals surface area contributed by atoms with Crippen LogP contribution < -0.4 is 5.32 Å². The molecule has 42 heavy (non-hydrogen) atoms. The molecule has 0 atom stereocenters. The number of nitrogens with zero attached hydrogens (tertiary/aromatic N) is 2. The van der Waals surface area contributed by atoms with Gasteiger partial charge in [-0.15, -0.1) is 6.58 Å². The van der Waals surface area contributed by atoms with Crippen LogP contribution in [0.25, 0.3) is 11.3 Å². The lowest BCUT2D eigenvalue weighted by Gasteiger charge is -2.54. The van der Waals surface area contributed by atoms with Crippen molar-refractivity contribution in [3.63, 3.8) is 0 Å². The normalized spacial score (nSPS) is 17.1. The molecule has 3 aromatic rings. The van der Waals surface area contributed by atoms with Crippen LogP contribution in [-0.4, -0.2) is 40.6 Å². The lowest BCUT2D eigenvalue weighted by molar-refractivity contribution is -0.00470. The van der Waals surface area contributed by atoms with Crippen LogP contribution in [0.2, 0.25) is 5.02 Å². The fourth-order valence-corrected chi connectivity index (χ4v) is 6.17. The van der Waals surface area contributed by atoms with E-state index in [9.17, 15) is 13.6 Å². The van der Waals surface area contributed by atoms with Crippen molar-refractivity contribution in [3.05, 3.63) is 88.1 Å². The number of carbonyl (C=O) groups excluding carboxylic acids is 1. The van der Waals surface area contributed by atoms with Crippen LogP contribution in [0.3, 0.4) is 0 Å². The van der Waals surface area contributed by atoms with E-state index in [2.05, 4.69) is 48.8 Å². The average Bonchev–Trinajstić information content (AvgIpc) is 3.28. The highest BCUT2D eigenvalue weighted by Gasteiger charge is 2.47. The first-order valence-electron chi connectivity index (χ1n) is 14.7. The quantitative estimate of drug-likeness (QED) is 0.289. The monoisotopic (exact) mass is 597 g/mol. The van der Waals surface area contributed by atoms with Crippen LogP contribution in [0.5, 0.6) is 0 Å².